The fraction of sp³-hybridized carbons (Fsp3) is 0.130. The number of carbonyl (C=O) groups is 1. The molecule has 2 N–H and O–H groups in total. The Kier molecular flexibility index (Phi) is 6.50. The van der Waals surface area contributed by atoms with Gasteiger partial charge in [0.15, 0.2) is 0 Å². The van der Waals surface area contributed by atoms with Crippen molar-refractivity contribution in [1.29, 1.82) is 0 Å². The lowest BCUT2D eigenvalue weighted by Gasteiger charge is -2.13. The van der Waals surface area contributed by atoms with E-state index in [2.05, 4.69) is 23.5 Å². The first-order valence-electron chi connectivity index (χ1n) is 8.60. The van der Waals surface area contributed by atoms with Crippen molar-refractivity contribution in [3.63, 3.8) is 0 Å². The molecule has 4 nitrogen and oxygen atoms in total. The van der Waals surface area contributed by atoms with Gasteiger partial charge in [-0.15, -0.1) is 0 Å². The molecule has 2 aromatic rings. The quantitative estimate of drug-likeness (QED) is 0.777. The molecule has 27 heavy (non-hydrogen) atoms. The van der Waals surface area contributed by atoms with Crippen molar-refractivity contribution >= 4 is 29.9 Å². The van der Waals surface area contributed by atoms with E-state index in [4.69, 9.17) is 0 Å². The van der Waals surface area contributed by atoms with Crippen LogP contribution in [0.4, 0.5) is 0 Å². The molecule has 0 saturated heterocycles. The molecular formula is C23H24N2O2. The average molecular weight is 360 g/mol. The first-order chi connectivity index (χ1) is 12.9. The Bertz CT molecular complexity index is 1050. The maximum absolute atomic E-state index is 11.3. The van der Waals surface area contributed by atoms with Gasteiger partial charge in [0.25, 0.3) is 0 Å². The Morgan fingerprint density at radius 1 is 1.26 bits per heavy atom. The van der Waals surface area contributed by atoms with Gasteiger partial charge < -0.3 is 10.4 Å². The zero-order chi connectivity index (χ0) is 20.0. The smallest absolute Gasteiger partial charge is 0.335 e. The zero-order valence-corrected chi connectivity index (χ0v) is 15.9. The van der Waals surface area contributed by atoms with Crippen LogP contribution in [0.2, 0.25) is 0 Å². The lowest BCUT2D eigenvalue weighted by molar-refractivity contribution is -0.132. The largest absolute Gasteiger partial charge is 0.478 e. The summed E-state index contributed by atoms with van der Waals surface area (Å²) in [4.78, 5) is 15.9. The molecule has 0 unspecified atom stereocenters. The summed E-state index contributed by atoms with van der Waals surface area (Å²) in [6.45, 7) is 13.4. The number of aromatic nitrogens is 1. The molecule has 4 heteroatoms. The predicted octanol–water partition coefficient (Wildman–Crippen LogP) is 3.23. The van der Waals surface area contributed by atoms with E-state index < -0.39 is 5.97 Å². The van der Waals surface area contributed by atoms with Crippen LogP contribution in [-0.2, 0) is 4.79 Å². The van der Waals surface area contributed by atoms with E-state index in [1.54, 1.807) is 25.3 Å². The third-order valence-corrected chi connectivity index (χ3v) is 4.21. The summed E-state index contributed by atoms with van der Waals surface area (Å²) in [5, 5.41) is 14.0. The zero-order valence-electron chi connectivity index (χ0n) is 15.9. The van der Waals surface area contributed by atoms with Crippen molar-refractivity contribution in [2.75, 3.05) is 0 Å². The van der Waals surface area contributed by atoms with Crippen molar-refractivity contribution in [1.82, 2.24) is 10.3 Å². The van der Waals surface area contributed by atoms with E-state index in [0.717, 1.165) is 38.7 Å². The number of aliphatic carboxylic acids is 1. The van der Waals surface area contributed by atoms with Crippen LogP contribution < -0.4 is 15.8 Å². The van der Waals surface area contributed by atoms with E-state index in [9.17, 15) is 9.90 Å². The van der Waals surface area contributed by atoms with Crippen LogP contribution in [0.5, 0.6) is 0 Å². The Balaban J connectivity index is 2.68. The normalized spacial score (nSPS) is 13.1. The average Bonchev–Trinajstić information content (AvgIpc) is 2.64. The van der Waals surface area contributed by atoms with Crippen molar-refractivity contribution in [3.05, 3.63) is 88.2 Å². The standard InChI is InChI=1S/C23H24N2O2/c1-6-18(23(26)27)13-20-14-19(12-11-15(20)3)17(5)22(24-7-2)21-10-8-9-16(4)25-21/h6-14,24H,2-3H2,1,4-5H3,(H,26,27)/b18-6+,20-13-,22-17+. The molecule has 0 aliphatic rings. The number of pyridine rings is 1. The summed E-state index contributed by atoms with van der Waals surface area (Å²) in [5.74, 6) is -0.965. The summed E-state index contributed by atoms with van der Waals surface area (Å²) in [6.07, 6.45) is 4.82. The number of rotatable bonds is 6. The molecule has 1 aromatic heterocycles. The Hall–Kier alpha value is -3.40. The summed E-state index contributed by atoms with van der Waals surface area (Å²) < 4.78 is 0. The highest BCUT2D eigenvalue weighted by Crippen LogP contribution is 2.22. The SMILES string of the molecule is C=CN/C(=C(\C)c1ccc(=C)/c(=C\C(=C/C)C(=O)O)c1)c1cccc(C)n1. The topological polar surface area (TPSA) is 62.2 Å². The number of nitrogens with one attached hydrogen (secondary N) is 1. The van der Waals surface area contributed by atoms with Crippen LogP contribution in [0.15, 0.2) is 60.8 Å². The number of aryl methyl sites for hydroxylation is 1. The van der Waals surface area contributed by atoms with Crippen LogP contribution in [-0.4, -0.2) is 16.1 Å². The molecule has 0 aliphatic heterocycles. The van der Waals surface area contributed by atoms with Crippen LogP contribution in [0.3, 0.4) is 0 Å². The minimum atomic E-state index is -0.965. The number of nitrogens with zero attached hydrogens (tertiary/aromatic N) is 1. The number of benzene rings is 1. The first kappa shape index (κ1) is 19.9. The van der Waals surface area contributed by atoms with Gasteiger partial charge in [0.2, 0.25) is 0 Å². The molecule has 138 valence electrons. The lowest BCUT2D eigenvalue weighted by Crippen LogP contribution is -2.24. The Labute approximate surface area is 159 Å². The van der Waals surface area contributed by atoms with Gasteiger partial charge in [0.05, 0.1) is 17.0 Å². The fourth-order valence-corrected chi connectivity index (χ4v) is 2.70. The van der Waals surface area contributed by atoms with Gasteiger partial charge >= 0.3 is 5.97 Å². The lowest BCUT2D eigenvalue weighted by atomic mass is 10.0. The number of carboxylic acids is 1. The molecule has 0 atom stereocenters. The van der Waals surface area contributed by atoms with E-state index in [0.29, 0.717) is 0 Å². The van der Waals surface area contributed by atoms with Crippen molar-refractivity contribution in [2.24, 2.45) is 0 Å². The highest BCUT2D eigenvalue weighted by molar-refractivity contribution is 5.96. The number of hydrogen-bond donors (Lipinski definition) is 2. The summed E-state index contributed by atoms with van der Waals surface area (Å²) in [7, 11) is 0. The van der Waals surface area contributed by atoms with Crippen molar-refractivity contribution in [2.45, 2.75) is 20.8 Å². The molecule has 0 aliphatic carbocycles. The van der Waals surface area contributed by atoms with Crippen molar-refractivity contribution in [3.8, 4) is 0 Å². The molecule has 0 radical (unpaired) electrons. The van der Waals surface area contributed by atoms with Crippen LogP contribution in [0.1, 0.15) is 30.8 Å². The first-order valence-corrected chi connectivity index (χ1v) is 8.60. The maximum atomic E-state index is 11.3. The third kappa shape index (κ3) is 4.82. The van der Waals surface area contributed by atoms with Crippen LogP contribution >= 0.6 is 0 Å². The second-order valence-corrected chi connectivity index (χ2v) is 6.12. The van der Waals surface area contributed by atoms with Gasteiger partial charge in [-0.25, -0.2) is 4.79 Å². The third-order valence-electron chi connectivity index (χ3n) is 4.21. The molecule has 0 bridgehead atoms. The minimum absolute atomic E-state index is 0.225. The summed E-state index contributed by atoms with van der Waals surface area (Å²) in [6, 6.07) is 11.6. The highest BCUT2D eigenvalue weighted by atomic mass is 16.4. The number of hydrogen-bond acceptors (Lipinski definition) is 3. The van der Waals surface area contributed by atoms with Gasteiger partial charge in [-0.2, -0.15) is 0 Å². The van der Waals surface area contributed by atoms with Gasteiger partial charge in [-0.3, -0.25) is 4.98 Å². The van der Waals surface area contributed by atoms with E-state index in [1.165, 1.54) is 0 Å². The summed E-state index contributed by atoms with van der Waals surface area (Å²) in [5.41, 5.74) is 4.73. The predicted molar refractivity (Wildman–Crippen MR) is 112 cm³/mol. The second-order valence-electron chi connectivity index (χ2n) is 6.12. The molecule has 0 amide bonds. The van der Waals surface area contributed by atoms with E-state index in [-0.39, 0.29) is 5.57 Å². The van der Waals surface area contributed by atoms with Gasteiger partial charge in [-0.05, 0) is 72.8 Å². The molecule has 1 aromatic carbocycles. The molecule has 0 saturated carbocycles. The van der Waals surface area contributed by atoms with Crippen LogP contribution in [0.25, 0.3) is 23.9 Å². The molecule has 0 spiro atoms. The van der Waals surface area contributed by atoms with Gasteiger partial charge in [0, 0.05) is 5.69 Å². The van der Waals surface area contributed by atoms with Crippen LogP contribution in [0, 0.1) is 6.92 Å². The molecular weight excluding hydrogens is 336 g/mol. The Morgan fingerprint density at radius 2 is 2.00 bits per heavy atom. The Morgan fingerprint density at radius 3 is 2.59 bits per heavy atom. The monoisotopic (exact) mass is 360 g/mol. The number of allylic oxidation sites excluding steroid dienone is 2. The molecule has 2 rings (SSSR count). The van der Waals surface area contributed by atoms with Gasteiger partial charge in [-0.1, -0.05) is 37.4 Å². The fourth-order valence-electron chi connectivity index (χ4n) is 2.70. The maximum Gasteiger partial charge on any atom is 0.335 e. The molecule has 0 fully saturated rings. The van der Waals surface area contributed by atoms with Gasteiger partial charge in [0.1, 0.15) is 0 Å². The minimum Gasteiger partial charge on any atom is -0.478 e. The molecule has 1 heterocycles. The highest BCUT2D eigenvalue weighted by Gasteiger charge is 2.09. The van der Waals surface area contributed by atoms with Crippen molar-refractivity contribution < 1.29 is 9.90 Å². The van der Waals surface area contributed by atoms with E-state index in [1.807, 2.05) is 50.2 Å². The van der Waals surface area contributed by atoms with E-state index >= 15 is 0 Å². The summed E-state index contributed by atoms with van der Waals surface area (Å²) >= 11 is 0. The number of carboxylic acid groups (broad SMARTS) is 1. The second kappa shape index (κ2) is 8.81.